The van der Waals surface area contributed by atoms with Crippen LogP contribution in [0.25, 0.3) is 10.9 Å². The molecule has 0 saturated carbocycles. The number of halogens is 4. The van der Waals surface area contributed by atoms with Crippen LogP contribution in [0.2, 0.25) is 0 Å². The monoisotopic (exact) mass is 553 g/mol. The first kappa shape index (κ1) is 27.6. The second-order valence-corrected chi connectivity index (χ2v) is 9.46. The number of para-hydroxylation sites is 1. The molecule has 0 unspecified atom stereocenters. The van der Waals surface area contributed by atoms with Crippen LogP contribution in [0.5, 0.6) is 0 Å². The highest BCUT2D eigenvalue weighted by Gasteiger charge is 2.34. The molecule has 3 N–H and O–H groups in total. The van der Waals surface area contributed by atoms with Crippen LogP contribution in [0, 0.1) is 13.8 Å². The summed E-state index contributed by atoms with van der Waals surface area (Å²) in [6.07, 6.45) is -3.86. The molecule has 4 aromatic rings. The Kier molecular flexibility index (Phi) is 7.60. The number of aromatic carboxylic acids is 1. The van der Waals surface area contributed by atoms with Crippen LogP contribution in [0.15, 0.2) is 59.6 Å². The Hall–Kier alpha value is -3.97. The Morgan fingerprint density at radius 1 is 1.00 bits per heavy atom. The van der Waals surface area contributed by atoms with E-state index < -0.39 is 33.2 Å². The number of nitrogens with one attached hydrogen (secondary N) is 2. The van der Waals surface area contributed by atoms with Gasteiger partial charge in [-0.25, -0.2) is 27.9 Å². The Labute approximate surface area is 215 Å². The van der Waals surface area contributed by atoms with Crippen molar-refractivity contribution in [3.63, 3.8) is 0 Å². The lowest BCUT2D eigenvalue weighted by Crippen LogP contribution is -2.15. The number of aryl methyl sites for hydroxylation is 2. The fourth-order valence-corrected chi connectivity index (χ4v) is 4.50. The summed E-state index contributed by atoms with van der Waals surface area (Å²) in [5.74, 6) is -1.49. The minimum atomic E-state index is -4.70. The highest BCUT2D eigenvalue weighted by Crippen LogP contribution is 2.37. The molecule has 9 nitrogen and oxygen atoms in total. The standard InChI is InChI=1S/C23H18F3N5O4S.ClH/c1-12-10-13(2)29-22(28-12)31-36(34,35)15-8-6-14(7-9-15)30-19-16-4-3-5-18(23(24,25)26)20(16)27-11-17(19)21(32)33;/h3-11H,1-2H3,(H,27,30)(H,32,33)(H,28,29,31);1H. The van der Waals surface area contributed by atoms with Crippen molar-refractivity contribution in [1.29, 1.82) is 0 Å². The summed E-state index contributed by atoms with van der Waals surface area (Å²) in [6, 6.07) is 10.2. The minimum Gasteiger partial charge on any atom is -0.478 e. The molecule has 14 heteroatoms. The number of nitrogens with zero attached hydrogens (tertiary/aromatic N) is 3. The number of rotatable bonds is 6. The molecule has 0 bridgehead atoms. The molecule has 0 radical (unpaired) electrons. The van der Waals surface area contributed by atoms with Crippen molar-refractivity contribution in [3.05, 3.63) is 77.2 Å². The number of carboxylic acids is 1. The quantitative estimate of drug-likeness (QED) is 0.292. The third-order valence-corrected chi connectivity index (χ3v) is 6.42. The predicted octanol–water partition coefficient (Wildman–Crippen LogP) is 5.32. The molecular weight excluding hydrogens is 535 g/mol. The van der Waals surface area contributed by atoms with Gasteiger partial charge in [-0.15, -0.1) is 12.4 Å². The van der Waals surface area contributed by atoms with Crippen molar-refractivity contribution in [2.45, 2.75) is 24.9 Å². The second kappa shape index (κ2) is 10.2. The maximum atomic E-state index is 13.4. The first-order chi connectivity index (χ1) is 16.8. The summed E-state index contributed by atoms with van der Waals surface area (Å²) in [7, 11) is -4.05. The molecule has 0 spiro atoms. The van der Waals surface area contributed by atoms with Gasteiger partial charge in [-0.05, 0) is 50.2 Å². The van der Waals surface area contributed by atoms with Gasteiger partial charge in [0.2, 0.25) is 5.95 Å². The van der Waals surface area contributed by atoms with E-state index in [1.165, 1.54) is 30.3 Å². The molecular formula is C23H19ClF3N5O4S. The Balaban J connectivity index is 0.00000380. The van der Waals surface area contributed by atoms with E-state index >= 15 is 0 Å². The van der Waals surface area contributed by atoms with Gasteiger partial charge in [-0.1, -0.05) is 12.1 Å². The lowest BCUT2D eigenvalue weighted by molar-refractivity contribution is -0.136. The molecule has 0 saturated heterocycles. The van der Waals surface area contributed by atoms with Crippen LogP contribution in [0.3, 0.4) is 0 Å². The van der Waals surface area contributed by atoms with Crippen molar-refractivity contribution < 1.29 is 31.5 Å². The van der Waals surface area contributed by atoms with Crippen LogP contribution in [-0.2, 0) is 16.2 Å². The van der Waals surface area contributed by atoms with E-state index in [0.717, 1.165) is 18.3 Å². The fraction of sp³-hybridized carbons (Fsp3) is 0.130. The van der Waals surface area contributed by atoms with Crippen LogP contribution in [0.1, 0.15) is 27.3 Å². The molecule has 0 fully saturated rings. The number of benzene rings is 2. The first-order valence-electron chi connectivity index (χ1n) is 10.3. The normalized spacial score (nSPS) is 11.6. The smallest absolute Gasteiger partial charge is 0.418 e. The molecule has 4 rings (SSSR count). The third-order valence-electron chi connectivity index (χ3n) is 5.08. The van der Waals surface area contributed by atoms with Crippen molar-refractivity contribution in [3.8, 4) is 0 Å². The number of sulfonamides is 1. The summed E-state index contributed by atoms with van der Waals surface area (Å²) < 4.78 is 68.1. The SMILES string of the molecule is Cc1cc(C)nc(NS(=O)(=O)c2ccc(Nc3c(C(=O)O)cnc4c(C(F)(F)F)cccc34)cc2)n1.Cl. The number of anilines is 3. The van der Waals surface area contributed by atoms with E-state index in [0.29, 0.717) is 11.4 Å². The van der Waals surface area contributed by atoms with Crippen LogP contribution in [0.4, 0.5) is 30.5 Å². The Morgan fingerprint density at radius 2 is 1.62 bits per heavy atom. The van der Waals surface area contributed by atoms with Crippen molar-refractivity contribution >= 4 is 56.6 Å². The van der Waals surface area contributed by atoms with Gasteiger partial charge in [0.1, 0.15) is 5.56 Å². The van der Waals surface area contributed by atoms with E-state index in [1.807, 2.05) is 0 Å². The average molecular weight is 554 g/mol. The number of pyridine rings is 1. The van der Waals surface area contributed by atoms with Gasteiger partial charge in [-0.2, -0.15) is 13.2 Å². The number of alkyl halides is 3. The van der Waals surface area contributed by atoms with Gasteiger partial charge >= 0.3 is 12.1 Å². The van der Waals surface area contributed by atoms with E-state index in [-0.39, 0.29) is 45.6 Å². The second-order valence-electron chi connectivity index (χ2n) is 7.78. The summed E-state index contributed by atoms with van der Waals surface area (Å²) in [5.41, 5.74) is -0.512. The largest absolute Gasteiger partial charge is 0.478 e. The van der Waals surface area contributed by atoms with Crippen molar-refractivity contribution in [2.24, 2.45) is 0 Å². The zero-order chi connectivity index (χ0) is 26.3. The summed E-state index contributed by atoms with van der Waals surface area (Å²) in [5, 5.41) is 12.3. The maximum Gasteiger partial charge on any atom is 0.418 e. The molecule has 2 heterocycles. The van der Waals surface area contributed by atoms with E-state index in [2.05, 4.69) is 25.0 Å². The number of aromatic nitrogens is 3. The number of fused-ring (bicyclic) bond motifs is 1. The summed E-state index contributed by atoms with van der Waals surface area (Å²) in [4.78, 5) is 23.4. The lowest BCUT2D eigenvalue weighted by atomic mass is 10.0. The van der Waals surface area contributed by atoms with Gasteiger partial charge in [0.15, 0.2) is 0 Å². The molecule has 0 aliphatic rings. The summed E-state index contributed by atoms with van der Waals surface area (Å²) in [6.45, 7) is 3.39. The number of carbonyl (C=O) groups is 1. The average Bonchev–Trinajstić information content (AvgIpc) is 2.77. The van der Waals surface area contributed by atoms with E-state index in [1.54, 1.807) is 19.9 Å². The molecule has 2 aromatic carbocycles. The number of hydrogen-bond donors (Lipinski definition) is 3. The number of carboxylic acid groups (broad SMARTS) is 1. The zero-order valence-electron chi connectivity index (χ0n) is 19.2. The van der Waals surface area contributed by atoms with Crippen molar-refractivity contribution in [2.75, 3.05) is 10.0 Å². The van der Waals surface area contributed by atoms with Gasteiger partial charge in [0.05, 0.1) is 21.7 Å². The fourth-order valence-electron chi connectivity index (χ4n) is 3.56. The topological polar surface area (TPSA) is 134 Å². The Morgan fingerprint density at radius 3 is 2.19 bits per heavy atom. The van der Waals surface area contributed by atoms with Crippen molar-refractivity contribution in [1.82, 2.24) is 15.0 Å². The van der Waals surface area contributed by atoms with Gasteiger partial charge in [-0.3, -0.25) is 4.98 Å². The highest BCUT2D eigenvalue weighted by atomic mass is 35.5. The molecule has 0 aliphatic carbocycles. The Bertz CT molecular complexity index is 1580. The molecule has 0 aliphatic heterocycles. The van der Waals surface area contributed by atoms with E-state index in [9.17, 15) is 31.5 Å². The van der Waals surface area contributed by atoms with Crippen LogP contribution in [-0.4, -0.2) is 34.4 Å². The molecule has 0 atom stereocenters. The molecule has 2 aromatic heterocycles. The van der Waals surface area contributed by atoms with Gasteiger partial charge < -0.3 is 10.4 Å². The van der Waals surface area contributed by atoms with Crippen LogP contribution >= 0.6 is 12.4 Å². The van der Waals surface area contributed by atoms with E-state index in [4.69, 9.17) is 0 Å². The summed E-state index contributed by atoms with van der Waals surface area (Å²) >= 11 is 0. The highest BCUT2D eigenvalue weighted by molar-refractivity contribution is 7.92. The number of hydrogen-bond acceptors (Lipinski definition) is 7. The van der Waals surface area contributed by atoms with Gasteiger partial charge in [0, 0.05) is 28.7 Å². The minimum absolute atomic E-state index is 0. The molecule has 0 amide bonds. The van der Waals surface area contributed by atoms with Crippen LogP contribution < -0.4 is 10.0 Å². The van der Waals surface area contributed by atoms with Gasteiger partial charge in [0.25, 0.3) is 10.0 Å². The lowest BCUT2D eigenvalue weighted by Gasteiger charge is -2.16. The molecule has 194 valence electrons. The third kappa shape index (κ3) is 5.89. The zero-order valence-corrected chi connectivity index (χ0v) is 20.8. The first-order valence-corrected chi connectivity index (χ1v) is 11.8. The maximum absolute atomic E-state index is 13.4. The molecule has 37 heavy (non-hydrogen) atoms. The predicted molar refractivity (Wildman–Crippen MR) is 133 cm³/mol.